The Morgan fingerprint density at radius 1 is 1.25 bits per heavy atom. The van der Waals surface area contributed by atoms with Crippen molar-refractivity contribution in [2.75, 3.05) is 25.5 Å². The van der Waals surface area contributed by atoms with Gasteiger partial charge in [0.1, 0.15) is 15.8 Å². The lowest BCUT2D eigenvalue weighted by Crippen LogP contribution is -2.58. The molecule has 1 aromatic carbocycles. The molecular formula is C21H18ClN3O5S2. The van der Waals surface area contributed by atoms with Gasteiger partial charge in [-0.05, 0) is 17.5 Å². The molecule has 11 heteroatoms. The fraction of sp³-hybridized carbons (Fsp3) is 0.238. The molecule has 3 heterocycles. The quantitative estimate of drug-likeness (QED) is 0.532. The van der Waals surface area contributed by atoms with Crippen LogP contribution < -0.4 is 10.6 Å². The second kappa shape index (κ2) is 9.27. The minimum Gasteiger partial charge on any atom is -0.465 e. The number of benzene rings is 1. The van der Waals surface area contributed by atoms with Crippen LogP contribution in [0.25, 0.3) is 10.1 Å². The summed E-state index contributed by atoms with van der Waals surface area (Å²) in [5.41, 5.74) is 0.300. The summed E-state index contributed by atoms with van der Waals surface area (Å²) < 4.78 is 5.57. The van der Waals surface area contributed by atoms with E-state index in [0.29, 0.717) is 15.6 Å². The van der Waals surface area contributed by atoms with Gasteiger partial charge in [-0.2, -0.15) is 0 Å². The van der Waals surface area contributed by atoms with Crippen molar-refractivity contribution in [3.05, 3.63) is 50.5 Å². The Morgan fingerprint density at radius 2 is 2.03 bits per heavy atom. The molecule has 4 rings (SSSR count). The smallest absolute Gasteiger partial charge is 0.350 e. The number of carbonyl (C=O) groups excluding carboxylic acids is 4. The third-order valence-corrected chi connectivity index (χ3v) is 7.57. The van der Waals surface area contributed by atoms with E-state index in [2.05, 4.69) is 10.6 Å². The van der Waals surface area contributed by atoms with Gasteiger partial charge in [-0.1, -0.05) is 29.8 Å². The molecule has 166 valence electrons. The number of methoxy groups -OCH3 is 1. The molecule has 2 N–H and O–H groups in total. The molecule has 0 aliphatic carbocycles. The molecule has 3 aromatic rings. The monoisotopic (exact) mass is 491 g/mol. The van der Waals surface area contributed by atoms with Gasteiger partial charge < -0.3 is 20.3 Å². The molecule has 0 unspecified atom stereocenters. The summed E-state index contributed by atoms with van der Waals surface area (Å²) in [6.45, 7) is 0.529. The van der Waals surface area contributed by atoms with Crippen molar-refractivity contribution >= 4 is 73.7 Å². The number of carbonyl (C=O) groups is 4. The number of nitrogens with one attached hydrogen (secondary N) is 2. The maximum atomic E-state index is 13.3. The number of thiophene rings is 2. The highest BCUT2D eigenvalue weighted by Gasteiger charge is 2.36. The van der Waals surface area contributed by atoms with Gasteiger partial charge in [0, 0.05) is 23.2 Å². The van der Waals surface area contributed by atoms with E-state index < -0.39 is 29.7 Å². The predicted molar refractivity (Wildman–Crippen MR) is 124 cm³/mol. The molecular weight excluding hydrogens is 474 g/mol. The molecule has 0 spiro atoms. The molecule has 8 nitrogen and oxygen atoms in total. The van der Waals surface area contributed by atoms with Gasteiger partial charge >= 0.3 is 5.97 Å². The fourth-order valence-corrected chi connectivity index (χ4v) is 5.71. The standard InChI is InChI=1S/C21H18ClN3O5S2/c1-30-21(29)17-12(6-9-31-17)24-15(26)10-13-19(27)23-7-8-25(13)20(28)18-16(22)11-4-2-3-5-14(11)32-18/h2-6,9,13H,7-8,10H2,1H3,(H,23,27)(H,24,26)/t13-/m1/s1. The van der Waals surface area contributed by atoms with E-state index in [0.717, 1.165) is 21.4 Å². The molecule has 1 atom stereocenters. The minimum atomic E-state index is -1.00. The van der Waals surface area contributed by atoms with Crippen molar-refractivity contribution in [1.29, 1.82) is 0 Å². The molecule has 32 heavy (non-hydrogen) atoms. The molecule has 0 saturated carbocycles. The highest BCUT2D eigenvalue weighted by atomic mass is 35.5. The van der Waals surface area contributed by atoms with Crippen LogP contribution in [0.2, 0.25) is 5.02 Å². The van der Waals surface area contributed by atoms with Crippen LogP contribution in [0.1, 0.15) is 25.8 Å². The zero-order valence-electron chi connectivity index (χ0n) is 16.8. The molecule has 1 aliphatic heterocycles. The van der Waals surface area contributed by atoms with E-state index in [1.54, 1.807) is 11.4 Å². The maximum absolute atomic E-state index is 13.3. The van der Waals surface area contributed by atoms with Crippen LogP contribution in [-0.2, 0) is 14.3 Å². The number of esters is 1. The van der Waals surface area contributed by atoms with Crippen LogP contribution in [0, 0.1) is 0 Å². The van der Waals surface area contributed by atoms with Crippen molar-refractivity contribution in [3.8, 4) is 0 Å². The molecule has 2 aromatic heterocycles. The Kier molecular flexibility index (Phi) is 6.45. The van der Waals surface area contributed by atoms with Crippen LogP contribution in [0.4, 0.5) is 5.69 Å². The van der Waals surface area contributed by atoms with E-state index >= 15 is 0 Å². The summed E-state index contributed by atoms with van der Waals surface area (Å²) in [7, 11) is 1.25. The summed E-state index contributed by atoms with van der Waals surface area (Å²) >= 11 is 8.84. The number of anilines is 1. The number of hydrogen-bond donors (Lipinski definition) is 2. The second-order valence-corrected chi connectivity index (χ2v) is 9.30. The molecule has 3 amide bonds. The Labute approximate surface area is 196 Å². The van der Waals surface area contributed by atoms with Gasteiger partial charge in [-0.25, -0.2) is 4.79 Å². The average Bonchev–Trinajstić information content (AvgIpc) is 3.38. The SMILES string of the molecule is COC(=O)c1sccc1NC(=O)C[C@@H]1C(=O)NCCN1C(=O)c1sc2ccccc2c1Cl. The maximum Gasteiger partial charge on any atom is 0.350 e. The summed E-state index contributed by atoms with van der Waals surface area (Å²) in [6, 6.07) is 7.98. The fourth-order valence-electron chi connectivity index (χ4n) is 3.48. The van der Waals surface area contributed by atoms with Gasteiger partial charge in [-0.15, -0.1) is 22.7 Å². The van der Waals surface area contributed by atoms with Crippen molar-refractivity contribution in [3.63, 3.8) is 0 Å². The Balaban J connectivity index is 1.55. The van der Waals surface area contributed by atoms with Crippen LogP contribution in [0.15, 0.2) is 35.7 Å². The number of fused-ring (bicyclic) bond motifs is 1. The van der Waals surface area contributed by atoms with E-state index in [1.165, 1.54) is 23.3 Å². The minimum absolute atomic E-state index is 0.249. The number of nitrogens with zero attached hydrogens (tertiary/aromatic N) is 1. The number of hydrogen-bond acceptors (Lipinski definition) is 7. The largest absolute Gasteiger partial charge is 0.465 e. The summed E-state index contributed by atoms with van der Waals surface area (Å²) in [5.74, 6) is -1.89. The number of amides is 3. The lowest BCUT2D eigenvalue weighted by atomic mass is 10.1. The van der Waals surface area contributed by atoms with Gasteiger partial charge in [0.05, 0.1) is 24.2 Å². The summed E-state index contributed by atoms with van der Waals surface area (Å²) in [5, 5.41) is 8.09. The van der Waals surface area contributed by atoms with Crippen LogP contribution in [-0.4, -0.2) is 54.8 Å². The molecule has 1 saturated heterocycles. The van der Waals surface area contributed by atoms with E-state index in [1.807, 2.05) is 24.3 Å². The second-order valence-electron chi connectivity index (χ2n) is 6.95. The van der Waals surface area contributed by atoms with Crippen molar-refractivity contribution in [1.82, 2.24) is 10.2 Å². The first-order valence-electron chi connectivity index (χ1n) is 9.62. The Hall–Kier alpha value is -2.95. The Bertz CT molecular complexity index is 1220. The average molecular weight is 492 g/mol. The lowest BCUT2D eigenvalue weighted by Gasteiger charge is -2.34. The first-order valence-corrected chi connectivity index (χ1v) is 11.7. The molecule has 0 radical (unpaired) electrons. The predicted octanol–water partition coefficient (Wildman–Crippen LogP) is 3.37. The van der Waals surface area contributed by atoms with Crippen LogP contribution in [0.5, 0.6) is 0 Å². The van der Waals surface area contributed by atoms with Gasteiger partial charge in [0.15, 0.2) is 0 Å². The van der Waals surface area contributed by atoms with Crippen molar-refractivity contribution in [2.45, 2.75) is 12.5 Å². The summed E-state index contributed by atoms with van der Waals surface area (Å²) in [6.07, 6.45) is -0.267. The highest BCUT2D eigenvalue weighted by molar-refractivity contribution is 7.21. The highest BCUT2D eigenvalue weighted by Crippen LogP contribution is 2.36. The van der Waals surface area contributed by atoms with E-state index in [-0.39, 0.29) is 24.4 Å². The topological polar surface area (TPSA) is 105 Å². The molecule has 1 fully saturated rings. The zero-order chi connectivity index (χ0) is 22.8. The number of rotatable bonds is 5. The number of ether oxygens (including phenoxy) is 1. The first kappa shape index (κ1) is 22.3. The van der Waals surface area contributed by atoms with E-state index in [4.69, 9.17) is 16.3 Å². The number of halogens is 1. The lowest BCUT2D eigenvalue weighted by molar-refractivity contribution is -0.131. The summed E-state index contributed by atoms with van der Waals surface area (Å²) in [4.78, 5) is 52.4. The zero-order valence-corrected chi connectivity index (χ0v) is 19.2. The van der Waals surface area contributed by atoms with Gasteiger partial charge in [-0.3, -0.25) is 14.4 Å². The molecule has 1 aliphatic rings. The van der Waals surface area contributed by atoms with Gasteiger partial charge in [0.25, 0.3) is 5.91 Å². The molecule has 0 bridgehead atoms. The third kappa shape index (κ3) is 4.21. The normalized spacial score (nSPS) is 16.0. The van der Waals surface area contributed by atoms with Crippen LogP contribution >= 0.6 is 34.3 Å². The van der Waals surface area contributed by atoms with Gasteiger partial charge in [0.2, 0.25) is 11.8 Å². The van der Waals surface area contributed by atoms with Crippen LogP contribution in [0.3, 0.4) is 0 Å². The Morgan fingerprint density at radius 3 is 2.78 bits per heavy atom. The third-order valence-electron chi connectivity index (χ3n) is 5.01. The van der Waals surface area contributed by atoms with E-state index in [9.17, 15) is 19.2 Å². The van der Waals surface area contributed by atoms with Crippen molar-refractivity contribution in [2.24, 2.45) is 0 Å². The first-order chi connectivity index (χ1) is 15.4. The van der Waals surface area contributed by atoms with Crippen molar-refractivity contribution < 1.29 is 23.9 Å². The number of piperazine rings is 1.